The summed E-state index contributed by atoms with van der Waals surface area (Å²) in [4.78, 5) is 12.5. The number of nitrogens with one attached hydrogen (secondary N) is 2. The van der Waals surface area contributed by atoms with E-state index in [1.54, 1.807) is 36.4 Å². The minimum absolute atomic E-state index is 0.346. The third-order valence-electron chi connectivity index (χ3n) is 4.76. The molecule has 2 heterocycles. The van der Waals surface area contributed by atoms with Crippen LogP contribution in [0.5, 0.6) is 0 Å². The maximum absolute atomic E-state index is 13.5. The van der Waals surface area contributed by atoms with Crippen LogP contribution in [0.1, 0.15) is 25.0 Å². The summed E-state index contributed by atoms with van der Waals surface area (Å²) in [6.07, 6.45) is 2.89. The fraction of sp³-hybridized carbons (Fsp3) is 0.190. The number of anilines is 2. The van der Waals surface area contributed by atoms with Crippen LogP contribution in [0.15, 0.2) is 54.3 Å². The van der Waals surface area contributed by atoms with Crippen LogP contribution >= 0.6 is 0 Å². The van der Waals surface area contributed by atoms with Crippen molar-refractivity contribution in [2.24, 2.45) is 0 Å². The highest BCUT2D eigenvalue weighted by Crippen LogP contribution is 2.44. The van der Waals surface area contributed by atoms with Crippen molar-refractivity contribution in [3.63, 3.8) is 0 Å². The SMILES string of the molecule is CC1(C)OC(=C2C(=O)Nc3cc(F)ccc32)C=C1c1ccc(NS(C)(=O)=O)cc1. The first-order chi connectivity index (χ1) is 13.5. The van der Waals surface area contributed by atoms with E-state index in [4.69, 9.17) is 4.74 Å². The van der Waals surface area contributed by atoms with Crippen molar-refractivity contribution in [1.29, 1.82) is 0 Å². The molecule has 0 atom stereocenters. The Morgan fingerprint density at radius 1 is 1.10 bits per heavy atom. The summed E-state index contributed by atoms with van der Waals surface area (Å²) in [5.74, 6) is -0.366. The first kappa shape index (κ1) is 19.2. The predicted octanol–water partition coefficient (Wildman–Crippen LogP) is 3.75. The van der Waals surface area contributed by atoms with Crippen molar-refractivity contribution < 1.29 is 22.3 Å². The van der Waals surface area contributed by atoms with Crippen molar-refractivity contribution in [2.45, 2.75) is 19.4 Å². The molecule has 8 heteroatoms. The largest absolute Gasteiger partial charge is 0.482 e. The zero-order chi connectivity index (χ0) is 21.0. The number of ether oxygens (including phenoxy) is 1. The number of sulfonamides is 1. The third kappa shape index (κ3) is 3.63. The average Bonchev–Trinajstić information content (AvgIpc) is 3.08. The van der Waals surface area contributed by atoms with Gasteiger partial charge in [-0.05, 0) is 55.8 Å². The zero-order valence-electron chi connectivity index (χ0n) is 16.0. The van der Waals surface area contributed by atoms with E-state index in [1.807, 2.05) is 13.8 Å². The summed E-state index contributed by atoms with van der Waals surface area (Å²) in [5, 5.41) is 2.67. The second-order valence-corrected chi connectivity index (χ2v) is 9.25. The number of carbonyl (C=O) groups excluding carboxylic acids is 1. The van der Waals surface area contributed by atoms with Gasteiger partial charge in [0.15, 0.2) is 0 Å². The second-order valence-electron chi connectivity index (χ2n) is 7.51. The summed E-state index contributed by atoms with van der Waals surface area (Å²) >= 11 is 0. The molecule has 0 aliphatic carbocycles. The Hall–Kier alpha value is -3.13. The van der Waals surface area contributed by atoms with Crippen LogP contribution in [-0.4, -0.2) is 26.2 Å². The summed E-state index contributed by atoms with van der Waals surface area (Å²) in [6.45, 7) is 3.76. The van der Waals surface area contributed by atoms with Gasteiger partial charge in [0.1, 0.15) is 17.2 Å². The van der Waals surface area contributed by atoms with Crippen LogP contribution in [0, 0.1) is 5.82 Å². The van der Waals surface area contributed by atoms with Gasteiger partial charge in [0.2, 0.25) is 10.0 Å². The van der Waals surface area contributed by atoms with Crippen LogP contribution in [0.3, 0.4) is 0 Å². The van der Waals surface area contributed by atoms with Crippen molar-refractivity contribution in [1.82, 2.24) is 0 Å². The minimum atomic E-state index is -3.36. The quantitative estimate of drug-likeness (QED) is 0.749. The van der Waals surface area contributed by atoms with Gasteiger partial charge in [-0.2, -0.15) is 0 Å². The lowest BCUT2D eigenvalue weighted by Crippen LogP contribution is -2.21. The summed E-state index contributed by atoms with van der Waals surface area (Å²) in [6, 6.07) is 11.0. The zero-order valence-corrected chi connectivity index (χ0v) is 16.9. The van der Waals surface area contributed by atoms with E-state index in [1.165, 1.54) is 12.1 Å². The third-order valence-corrected chi connectivity index (χ3v) is 5.37. The maximum atomic E-state index is 13.5. The standard InChI is InChI=1S/C21H19FN2O4S/c1-21(2)16(12-4-7-14(8-5-12)24-29(3,26)27)11-18(28-21)19-15-9-6-13(22)10-17(15)23-20(19)25/h4-11,24H,1-3H3,(H,23,25). The summed E-state index contributed by atoms with van der Waals surface area (Å²) < 4.78 is 44.7. The van der Waals surface area contributed by atoms with E-state index in [0.29, 0.717) is 28.3 Å². The Bertz CT molecular complexity index is 1200. The molecular formula is C21H19FN2O4S. The van der Waals surface area contributed by atoms with Crippen molar-refractivity contribution in [3.05, 3.63) is 71.2 Å². The molecule has 0 unspecified atom stereocenters. The number of rotatable bonds is 3. The van der Waals surface area contributed by atoms with Gasteiger partial charge >= 0.3 is 0 Å². The van der Waals surface area contributed by atoms with Crippen LogP contribution in [0.25, 0.3) is 11.1 Å². The topological polar surface area (TPSA) is 84.5 Å². The van der Waals surface area contributed by atoms with Crippen LogP contribution in [-0.2, 0) is 19.6 Å². The molecule has 0 fully saturated rings. The molecule has 150 valence electrons. The monoisotopic (exact) mass is 414 g/mol. The van der Waals surface area contributed by atoms with Crippen molar-refractivity contribution >= 4 is 38.5 Å². The molecule has 0 bridgehead atoms. The first-order valence-electron chi connectivity index (χ1n) is 8.88. The van der Waals surface area contributed by atoms with Crippen LogP contribution in [0.4, 0.5) is 15.8 Å². The predicted molar refractivity (Wildman–Crippen MR) is 110 cm³/mol. The van der Waals surface area contributed by atoms with Gasteiger partial charge in [0.05, 0.1) is 17.5 Å². The molecule has 0 saturated heterocycles. The Morgan fingerprint density at radius 3 is 2.45 bits per heavy atom. The maximum Gasteiger partial charge on any atom is 0.260 e. The number of hydrogen-bond acceptors (Lipinski definition) is 4. The molecular weight excluding hydrogens is 395 g/mol. The number of carbonyl (C=O) groups is 1. The molecule has 29 heavy (non-hydrogen) atoms. The lowest BCUT2D eigenvalue weighted by atomic mass is 9.92. The molecule has 0 aromatic heterocycles. The minimum Gasteiger partial charge on any atom is -0.482 e. The van der Waals surface area contributed by atoms with Gasteiger partial charge in [-0.3, -0.25) is 9.52 Å². The van der Waals surface area contributed by atoms with E-state index in [-0.39, 0.29) is 5.91 Å². The first-order valence-corrected chi connectivity index (χ1v) is 10.8. The fourth-order valence-electron chi connectivity index (χ4n) is 3.54. The Kier molecular flexibility index (Phi) is 4.27. The normalized spacial score (nSPS) is 20.0. The number of halogens is 1. The van der Waals surface area contributed by atoms with Gasteiger partial charge in [-0.1, -0.05) is 12.1 Å². The van der Waals surface area contributed by atoms with Gasteiger partial charge < -0.3 is 10.1 Å². The molecule has 2 N–H and O–H groups in total. The molecule has 2 aliphatic heterocycles. The van der Waals surface area contributed by atoms with E-state index >= 15 is 0 Å². The molecule has 6 nitrogen and oxygen atoms in total. The number of benzene rings is 2. The lowest BCUT2D eigenvalue weighted by Gasteiger charge is -2.23. The fourth-order valence-corrected chi connectivity index (χ4v) is 4.10. The molecule has 1 amide bonds. The highest BCUT2D eigenvalue weighted by molar-refractivity contribution is 7.92. The van der Waals surface area contributed by atoms with E-state index in [2.05, 4.69) is 10.0 Å². The smallest absolute Gasteiger partial charge is 0.260 e. The summed E-state index contributed by atoms with van der Waals surface area (Å²) in [7, 11) is -3.36. The highest BCUT2D eigenvalue weighted by atomic mass is 32.2. The molecule has 2 aliphatic rings. The molecule has 2 aromatic carbocycles. The number of amides is 1. The second kappa shape index (κ2) is 6.45. The summed E-state index contributed by atoms with van der Waals surface area (Å²) in [5.41, 5.74) is 2.79. The van der Waals surface area contributed by atoms with Gasteiger partial charge in [0.25, 0.3) is 5.91 Å². The number of fused-ring (bicyclic) bond motifs is 1. The Labute approximate surface area is 168 Å². The van der Waals surface area contributed by atoms with E-state index < -0.39 is 21.4 Å². The molecule has 2 aromatic rings. The van der Waals surface area contributed by atoms with Crippen LogP contribution in [0.2, 0.25) is 0 Å². The van der Waals surface area contributed by atoms with Gasteiger partial charge in [-0.15, -0.1) is 0 Å². The van der Waals surface area contributed by atoms with Crippen molar-refractivity contribution in [3.8, 4) is 0 Å². The van der Waals surface area contributed by atoms with Crippen LogP contribution < -0.4 is 10.0 Å². The molecule has 0 radical (unpaired) electrons. The Morgan fingerprint density at radius 2 is 1.79 bits per heavy atom. The number of hydrogen-bond donors (Lipinski definition) is 2. The average molecular weight is 414 g/mol. The Balaban J connectivity index is 1.75. The lowest BCUT2D eigenvalue weighted by molar-refractivity contribution is -0.111. The number of allylic oxidation sites excluding steroid dienone is 1. The molecule has 0 saturated carbocycles. The van der Waals surface area contributed by atoms with Crippen molar-refractivity contribution in [2.75, 3.05) is 16.3 Å². The molecule has 0 spiro atoms. The van der Waals surface area contributed by atoms with Gasteiger partial charge in [0, 0.05) is 16.8 Å². The van der Waals surface area contributed by atoms with E-state index in [0.717, 1.165) is 17.4 Å². The van der Waals surface area contributed by atoms with E-state index in [9.17, 15) is 17.6 Å². The van der Waals surface area contributed by atoms with Gasteiger partial charge in [-0.25, -0.2) is 12.8 Å². The highest BCUT2D eigenvalue weighted by Gasteiger charge is 2.38. The molecule has 4 rings (SSSR count).